The van der Waals surface area contributed by atoms with Crippen LogP contribution in [0.15, 0.2) is 24.5 Å². The van der Waals surface area contributed by atoms with E-state index < -0.39 is 0 Å². The maximum absolute atomic E-state index is 12.3. The Kier molecular flexibility index (Phi) is 12.2. The molecule has 2 aromatic heterocycles. The van der Waals surface area contributed by atoms with E-state index in [-0.39, 0.29) is 42.4 Å². The normalized spacial score (nSPS) is 22.4. The fourth-order valence-electron chi connectivity index (χ4n) is 5.13. The standard InChI is InChI=1S/C15H19ClN2O3.C14H19ClN2O2/c1-9-13(7-11(16)8-17-9)14(19)18-12-5-3-10(4-6-12)15(20)21-2;1-9-13(6-11(15)7-16-9)14(19)17-12-4-2-10(8-18)3-5-12/h7-8,10,12H,3-6H2,1-2H3,(H,18,19);6-7,10,12,18H,2-5,8H2,1H3,(H,17,19)/t2*10-,12-. The van der Waals surface area contributed by atoms with Crippen LogP contribution in [0.25, 0.3) is 0 Å². The summed E-state index contributed by atoms with van der Waals surface area (Å²) in [5.41, 5.74) is 2.38. The number of carbonyl (C=O) groups is 3. The lowest BCUT2D eigenvalue weighted by Crippen LogP contribution is -2.39. The van der Waals surface area contributed by atoms with Gasteiger partial charge in [0.05, 0.1) is 45.6 Å². The number of ether oxygens (including phenoxy) is 1. The number of aromatic nitrogens is 2. The number of carbonyl (C=O) groups excluding carboxylic acids is 3. The molecule has 2 aromatic rings. The Bertz CT molecular complexity index is 1180. The second-order valence-corrected chi connectivity index (χ2v) is 11.4. The Morgan fingerprint density at radius 2 is 1.25 bits per heavy atom. The summed E-state index contributed by atoms with van der Waals surface area (Å²) in [5, 5.41) is 16.0. The van der Waals surface area contributed by atoms with Crippen LogP contribution in [0, 0.1) is 25.7 Å². The second-order valence-electron chi connectivity index (χ2n) is 10.5. The van der Waals surface area contributed by atoms with Crippen molar-refractivity contribution in [1.29, 1.82) is 0 Å². The summed E-state index contributed by atoms with van der Waals surface area (Å²) in [4.78, 5) is 44.1. The van der Waals surface area contributed by atoms with Crippen molar-refractivity contribution in [3.05, 3.63) is 57.1 Å². The quantitative estimate of drug-likeness (QED) is 0.409. The van der Waals surface area contributed by atoms with Crippen molar-refractivity contribution >= 4 is 41.0 Å². The zero-order valence-electron chi connectivity index (χ0n) is 23.2. The van der Waals surface area contributed by atoms with Crippen molar-refractivity contribution in [2.24, 2.45) is 11.8 Å². The van der Waals surface area contributed by atoms with Gasteiger partial charge in [0.2, 0.25) is 0 Å². The molecule has 3 N–H and O–H groups in total. The SMILES string of the molecule is COC(=O)[C@H]1CC[C@H](NC(=O)c2cc(Cl)cnc2C)CC1.Cc1ncc(Cl)cc1C(=O)N[C@H]1CC[C@H](CO)CC1. The third kappa shape index (κ3) is 9.14. The molecule has 0 bridgehead atoms. The molecule has 2 heterocycles. The molecular weight excluding hydrogens is 555 g/mol. The van der Waals surface area contributed by atoms with E-state index in [4.69, 9.17) is 33.0 Å². The lowest BCUT2D eigenvalue weighted by molar-refractivity contribution is -0.146. The number of hydrogen-bond acceptors (Lipinski definition) is 7. The monoisotopic (exact) mass is 592 g/mol. The number of nitrogens with zero attached hydrogens (tertiary/aromatic N) is 2. The summed E-state index contributed by atoms with van der Waals surface area (Å²) in [6, 6.07) is 3.54. The van der Waals surface area contributed by atoms with Crippen molar-refractivity contribution in [1.82, 2.24) is 20.6 Å². The molecule has 11 heteroatoms. The predicted molar refractivity (Wildman–Crippen MR) is 153 cm³/mol. The molecule has 218 valence electrons. The van der Waals surface area contributed by atoms with Crippen LogP contribution in [0.1, 0.15) is 83.5 Å². The van der Waals surface area contributed by atoms with Gasteiger partial charge in [-0.3, -0.25) is 24.4 Å². The van der Waals surface area contributed by atoms with E-state index in [9.17, 15) is 14.4 Å². The van der Waals surface area contributed by atoms with Gasteiger partial charge < -0.3 is 20.5 Å². The van der Waals surface area contributed by atoms with Gasteiger partial charge in [-0.15, -0.1) is 0 Å². The Hall–Kier alpha value is -2.75. The number of methoxy groups -OCH3 is 1. The van der Waals surface area contributed by atoms with Crippen molar-refractivity contribution < 1.29 is 24.2 Å². The highest BCUT2D eigenvalue weighted by atomic mass is 35.5. The minimum atomic E-state index is -0.163. The fourth-order valence-corrected chi connectivity index (χ4v) is 5.45. The zero-order valence-corrected chi connectivity index (χ0v) is 24.7. The molecule has 2 saturated carbocycles. The van der Waals surface area contributed by atoms with Crippen LogP contribution in [-0.4, -0.2) is 58.7 Å². The lowest BCUT2D eigenvalue weighted by Gasteiger charge is -2.28. The number of nitrogens with one attached hydrogen (secondary N) is 2. The van der Waals surface area contributed by atoms with Crippen LogP contribution in [0.2, 0.25) is 10.0 Å². The van der Waals surface area contributed by atoms with Gasteiger partial charge in [-0.2, -0.15) is 0 Å². The van der Waals surface area contributed by atoms with Crippen molar-refractivity contribution in [2.75, 3.05) is 13.7 Å². The van der Waals surface area contributed by atoms with Gasteiger partial charge in [0.1, 0.15) is 0 Å². The molecule has 4 rings (SSSR count). The fraction of sp³-hybridized carbons (Fsp3) is 0.552. The van der Waals surface area contributed by atoms with E-state index >= 15 is 0 Å². The molecule has 0 saturated heterocycles. The minimum Gasteiger partial charge on any atom is -0.469 e. The average molecular weight is 594 g/mol. The van der Waals surface area contributed by atoms with Gasteiger partial charge in [0.25, 0.3) is 11.8 Å². The van der Waals surface area contributed by atoms with Crippen LogP contribution in [0.5, 0.6) is 0 Å². The second kappa shape index (κ2) is 15.3. The third-order valence-corrected chi connectivity index (χ3v) is 8.05. The Morgan fingerprint density at radius 3 is 1.65 bits per heavy atom. The summed E-state index contributed by atoms with van der Waals surface area (Å²) >= 11 is 11.8. The maximum atomic E-state index is 12.3. The minimum absolute atomic E-state index is 0.0438. The number of amides is 2. The number of aliphatic hydroxyl groups excluding tert-OH is 1. The van der Waals surface area contributed by atoms with E-state index in [0.29, 0.717) is 38.5 Å². The highest BCUT2D eigenvalue weighted by molar-refractivity contribution is 6.31. The number of aryl methyl sites for hydroxylation is 2. The van der Waals surface area contributed by atoms with E-state index in [1.165, 1.54) is 13.3 Å². The smallest absolute Gasteiger partial charge is 0.308 e. The molecule has 2 aliphatic rings. The number of hydrogen-bond donors (Lipinski definition) is 3. The van der Waals surface area contributed by atoms with Gasteiger partial charge in [-0.25, -0.2) is 0 Å². The molecule has 0 radical (unpaired) electrons. The van der Waals surface area contributed by atoms with Crippen molar-refractivity contribution in [3.8, 4) is 0 Å². The number of halogens is 2. The number of esters is 1. The molecule has 0 atom stereocenters. The predicted octanol–water partition coefficient (Wildman–Crippen LogP) is 4.83. The highest BCUT2D eigenvalue weighted by Crippen LogP contribution is 2.26. The van der Waals surface area contributed by atoms with Gasteiger partial charge in [-0.1, -0.05) is 23.2 Å². The summed E-state index contributed by atoms with van der Waals surface area (Å²) in [7, 11) is 1.41. The highest BCUT2D eigenvalue weighted by Gasteiger charge is 2.28. The molecule has 40 heavy (non-hydrogen) atoms. The molecule has 9 nitrogen and oxygen atoms in total. The first-order valence-corrected chi connectivity index (χ1v) is 14.4. The first-order chi connectivity index (χ1) is 19.1. The molecule has 0 unspecified atom stereocenters. The van der Waals surface area contributed by atoms with E-state index in [2.05, 4.69) is 20.6 Å². The maximum Gasteiger partial charge on any atom is 0.308 e. The Labute approximate surface area is 245 Å². The Morgan fingerprint density at radius 1 is 0.825 bits per heavy atom. The lowest BCUT2D eigenvalue weighted by atomic mass is 9.86. The van der Waals surface area contributed by atoms with E-state index in [1.807, 2.05) is 0 Å². The summed E-state index contributed by atoms with van der Waals surface area (Å²) in [6.45, 7) is 3.82. The molecule has 0 aromatic carbocycles. The molecule has 0 spiro atoms. The largest absolute Gasteiger partial charge is 0.469 e. The number of aliphatic hydroxyl groups is 1. The van der Waals surface area contributed by atoms with E-state index in [1.54, 1.807) is 32.2 Å². The molecule has 2 aliphatic carbocycles. The van der Waals surface area contributed by atoms with Crippen LogP contribution in [-0.2, 0) is 9.53 Å². The van der Waals surface area contributed by atoms with Gasteiger partial charge in [-0.05, 0) is 83.3 Å². The molecule has 2 fully saturated rings. The van der Waals surface area contributed by atoms with Gasteiger partial charge >= 0.3 is 5.97 Å². The van der Waals surface area contributed by atoms with Gasteiger partial charge in [0, 0.05) is 31.1 Å². The summed E-state index contributed by atoms with van der Waals surface area (Å²) in [6.07, 6.45) is 9.87. The van der Waals surface area contributed by atoms with E-state index in [0.717, 1.165) is 51.4 Å². The topological polar surface area (TPSA) is 131 Å². The van der Waals surface area contributed by atoms with Crippen molar-refractivity contribution in [3.63, 3.8) is 0 Å². The molecule has 2 amide bonds. The Balaban J connectivity index is 0.000000222. The van der Waals surface area contributed by atoms with Crippen molar-refractivity contribution in [2.45, 2.75) is 77.3 Å². The average Bonchev–Trinajstić information content (AvgIpc) is 2.96. The van der Waals surface area contributed by atoms with Crippen LogP contribution in [0.4, 0.5) is 0 Å². The summed E-state index contributed by atoms with van der Waals surface area (Å²) < 4.78 is 4.76. The number of rotatable bonds is 6. The summed E-state index contributed by atoms with van der Waals surface area (Å²) in [5.74, 6) is -0.0842. The first kappa shape index (κ1) is 31.8. The first-order valence-electron chi connectivity index (χ1n) is 13.7. The molecular formula is C29H38Cl2N4O5. The number of pyridine rings is 2. The van der Waals surface area contributed by atoms with Crippen LogP contribution >= 0.6 is 23.2 Å². The molecule has 0 aliphatic heterocycles. The third-order valence-electron chi connectivity index (χ3n) is 7.63. The zero-order chi connectivity index (χ0) is 29.2. The van der Waals surface area contributed by atoms with Crippen LogP contribution in [0.3, 0.4) is 0 Å². The van der Waals surface area contributed by atoms with Crippen LogP contribution < -0.4 is 10.6 Å². The van der Waals surface area contributed by atoms with Gasteiger partial charge in [0.15, 0.2) is 0 Å².